The molecule has 7 nitrogen and oxygen atoms in total. The van der Waals surface area contributed by atoms with Crippen molar-refractivity contribution in [1.82, 2.24) is 4.72 Å². The number of fused-ring (bicyclic) bond motifs is 1. The molecule has 3 rings (SSSR count). The number of carbonyl (C=O) groups excluding carboxylic acids is 2. The number of aryl methyl sites for hydroxylation is 1. The Hall–Kier alpha value is -2.71. The van der Waals surface area contributed by atoms with Gasteiger partial charge in [-0.25, -0.2) is 8.42 Å². The summed E-state index contributed by atoms with van der Waals surface area (Å²) in [6.45, 7) is 8.25. The Bertz CT molecular complexity index is 1130. The lowest BCUT2D eigenvalue weighted by molar-refractivity contribution is -0.118. The van der Waals surface area contributed by atoms with Gasteiger partial charge in [-0.1, -0.05) is 45.9 Å². The van der Waals surface area contributed by atoms with Crippen molar-refractivity contribution in [2.75, 3.05) is 16.8 Å². The van der Waals surface area contributed by atoms with Gasteiger partial charge < -0.3 is 10.2 Å². The molecule has 33 heavy (non-hydrogen) atoms. The molecule has 0 bridgehead atoms. The molecule has 1 aliphatic rings. The summed E-state index contributed by atoms with van der Waals surface area (Å²) in [6.07, 6.45) is 2.12. The van der Waals surface area contributed by atoms with Gasteiger partial charge in [-0.2, -0.15) is 4.72 Å². The van der Waals surface area contributed by atoms with E-state index in [1.54, 1.807) is 17.0 Å². The average molecular weight is 472 g/mol. The lowest BCUT2D eigenvalue weighted by atomic mass is 10.0. The van der Waals surface area contributed by atoms with Crippen LogP contribution in [0.5, 0.6) is 0 Å². The van der Waals surface area contributed by atoms with E-state index in [1.165, 1.54) is 6.07 Å². The minimum absolute atomic E-state index is 0.0171. The zero-order valence-electron chi connectivity index (χ0n) is 19.7. The molecule has 2 aromatic carbocycles. The van der Waals surface area contributed by atoms with Gasteiger partial charge in [-0.05, 0) is 60.6 Å². The summed E-state index contributed by atoms with van der Waals surface area (Å²) in [5, 5.41) is 2.90. The van der Waals surface area contributed by atoms with E-state index in [0.717, 1.165) is 23.2 Å². The fourth-order valence-corrected chi connectivity index (χ4v) is 5.36. The quantitative estimate of drug-likeness (QED) is 0.580. The normalized spacial score (nSPS) is 14.3. The minimum atomic E-state index is -3.94. The Balaban J connectivity index is 1.83. The molecule has 2 aromatic rings. The highest BCUT2D eigenvalue weighted by atomic mass is 32.2. The van der Waals surface area contributed by atoms with Crippen molar-refractivity contribution in [1.29, 1.82) is 0 Å². The Kier molecular flexibility index (Phi) is 7.92. The molecule has 0 aliphatic carbocycles. The van der Waals surface area contributed by atoms with E-state index in [4.69, 9.17) is 0 Å². The molecule has 1 atom stereocenters. The molecule has 2 N–H and O–H groups in total. The van der Waals surface area contributed by atoms with E-state index < -0.39 is 16.1 Å². The number of rotatable bonds is 9. The van der Waals surface area contributed by atoms with Crippen LogP contribution in [0.1, 0.15) is 51.7 Å². The van der Waals surface area contributed by atoms with Crippen LogP contribution in [0.25, 0.3) is 0 Å². The Labute approximate surface area is 196 Å². The Morgan fingerprint density at radius 3 is 2.48 bits per heavy atom. The van der Waals surface area contributed by atoms with Crippen molar-refractivity contribution in [3.05, 3.63) is 53.6 Å². The van der Waals surface area contributed by atoms with Gasteiger partial charge >= 0.3 is 0 Å². The van der Waals surface area contributed by atoms with Crippen LogP contribution in [0, 0.1) is 5.92 Å². The first-order valence-electron chi connectivity index (χ1n) is 11.5. The summed E-state index contributed by atoms with van der Waals surface area (Å²) in [6, 6.07) is 11.4. The first kappa shape index (κ1) is 24.9. The van der Waals surface area contributed by atoms with Crippen molar-refractivity contribution in [3.8, 4) is 0 Å². The number of nitrogens with zero attached hydrogens (tertiary/aromatic N) is 1. The number of nitrogens with one attached hydrogen (secondary N) is 2. The van der Waals surface area contributed by atoms with Crippen molar-refractivity contribution in [2.45, 2.75) is 64.3 Å². The molecule has 0 aromatic heterocycles. The number of carbonyl (C=O) groups is 2. The maximum Gasteiger partial charge on any atom is 0.242 e. The van der Waals surface area contributed by atoms with Crippen LogP contribution in [0.15, 0.2) is 47.4 Å². The fraction of sp³-hybridized carbons (Fsp3) is 0.440. The zero-order chi connectivity index (χ0) is 24.2. The molecule has 0 saturated carbocycles. The highest BCUT2D eigenvalue weighted by Gasteiger charge is 2.29. The highest BCUT2D eigenvalue weighted by molar-refractivity contribution is 7.89. The van der Waals surface area contributed by atoms with Crippen molar-refractivity contribution >= 4 is 33.2 Å². The van der Waals surface area contributed by atoms with Crippen molar-refractivity contribution < 1.29 is 18.0 Å². The second-order valence-electron chi connectivity index (χ2n) is 8.74. The number of amides is 2. The topological polar surface area (TPSA) is 95.6 Å². The van der Waals surface area contributed by atoms with Gasteiger partial charge in [-0.3, -0.25) is 9.59 Å². The predicted molar refractivity (Wildman–Crippen MR) is 131 cm³/mol. The average Bonchev–Trinajstić information content (AvgIpc) is 3.21. The molecular formula is C25H33N3O4S. The fourth-order valence-electron chi connectivity index (χ4n) is 4.10. The second kappa shape index (κ2) is 10.5. The van der Waals surface area contributed by atoms with E-state index in [2.05, 4.69) is 10.0 Å². The molecule has 0 radical (unpaired) electrons. The predicted octanol–water partition coefficient (Wildman–Crippen LogP) is 3.88. The molecule has 0 fully saturated rings. The van der Waals surface area contributed by atoms with Crippen LogP contribution in [0.4, 0.5) is 11.4 Å². The van der Waals surface area contributed by atoms with Gasteiger partial charge in [0.15, 0.2) is 0 Å². The molecule has 2 amide bonds. The van der Waals surface area contributed by atoms with E-state index in [-0.39, 0.29) is 22.6 Å². The van der Waals surface area contributed by atoms with Crippen LogP contribution in [-0.4, -0.2) is 32.8 Å². The monoisotopic (exact) mass is 471 g/mol. The van der Waals surface area contributed by atoms with Gasteiger partial charge in [0.05, 0.1) is 4.90 Å². The third kappa shape index (κ3) is 5.81. The molecular weight excluding hydrogens is 438 g/mol. The minimum Gasteiger partial charge on any atom is -0.324 e. The number of para-hydroxylation sites is 1. The highest BCUT2D eigenvalue weighted by Crippen LogP contribution is 2.31. The summed E-state index contributed by atoms with van der Waals surface area (Å²) in [4.78, 5) is 27.0. The molecule has 8 heteroatoms. The van der Waals surface area contributed by atoms with E-state index in [0.29, 0.717) is 31.5 Å². The molecule has 1 heterocycles. The summed E-state index contributed by atoms with van der Waals surface area (Å²) in [7, 11) is -3.94. The van der Waals surface area contributed by atoms with Gasteiger partial charge in [-0.15, -0.1) is 0 Å². The summed E-state index contributed by atoms with van der Waals surface area (Å²) in [5.41, 5.74) is 3.26. The maximum absolute atomic E-state index is 13.2. The summed E-state index contributed by atoms with van der Waals surface area (Å²) < 4.78 is 29.0. The van der Waals surface area contributed by atoms with Crippen molar-refractivity contribution in [3.63, 3.8) is 0 Å². The van der Waals surface area contributed by atoms with Gasteiger partial charge in [0.25, 0.3) is 0 Å². The summed E-state index contributed by atoms with van der Waals surface area (Å²) >= 11 is 0. The lowest BCUT2D eigenvalue weighted by Gasteiger charge is -2.21. The number of benzene rings is 2. The molecule has 178 valence electrons. The van der Waals surface area contributed by atoms with E-state index in [9.17, 15) is 18.0 Å². The standard InChI is InChI=1S/C25H33N3O4S/c1-5-18-9-7-8-10-21(18)26-25(30)22(15-17(3)4)27-33(31,32)20-11-12-23-19(16-20)13-14-28(23)24(29)6-2/h7-12,16-17,22,27H,5-6,13-15H2,1-4H3,(H,26,30)/t22-/m0/s1. The third-order valence-corrected chi connectivity index (χ3v) is 7.31. The number of anilines is 2. The Morgan fingerprint density at radius 1 is 1.09 bits per heavy atom. The van der Waals surface area contributed by atoms with Crippen LogP contribution in [-0.2, 0) is 32.5 Å². The zero-order valence-corrected chi connectivity index (χ0v) is 20.5. The van der Waals surface area contributed by atoms with Crippen molar-refractivity contribution in [2.24, 2.45) is 5.92 Å². The summed E-state index contributed by atoms with van der Waals surface area (Å²) in [5.74, 6) is -0.254. The number of hydrogen-bond acceptors (Lipinski definition) is 4. The first-order chi connectivity index (χ1) is 15.7. The molecule has 1 aliphatic heterocycles. The van der Waals surface area contributed by atoms with Crippen LogP contribution in [0.2, 0.25) is 0 Å². The lowest BCUT2D eigenvalue weighted by Crippen LogP contribution is -2.44. The first-order valence-corrected chi connectivity index (χ1v) is 13.0. The third-order valence-electron chi connectivity index (χ3n) is 5.84. The van der Waals surface area contributed by atoms with Crippen LogP contribution >= 0.6 is 0 Å². The van der Waals surface area contributed by atoms with Crippen LogP contribution in [0.3, 0.4) is 0 Å². The Morgan fingerprint density at radius 2 is 1.82 bits per heavy atom. The molecule has 0 saturated heterocycles. The second-order valence-corrected chi connectivity index (χ2v) is 10.5. The smallest absolute Gasteiger partial charge is 0.242 e. The maximum atomic E-state index is 13.2. The SMILES string of the molecule is CCC(=O)N1CCc2cc(S(=O)(=O)N[C@@H](CC(C)C)C(=O)Nc3ccccc3CC)ccc21. The number of sulfonamides is 1. The van der Waals surface area contributed by atoms with Gasteiger partial charge in [0.1, 0.15) is 6.04 Å². The van der Waals surface area contributed by atoms with E-state index in [1.807, 2.05) is 52.0 Å². The number of hydrogen-bond donors (Lipinski definition) is 2. The van der Waals surface area contributed by atoms with E-state index >= 15 is 0 Å². The van der Waals surface area contributed by atoms with Gasteiger partial charge in [0.2, 0.25) is 21.8 Å². The molecule has 0 spiro atoms. The van der Waals surface area contributed by atoms with Gasteiger partial charge in [0, 0.05) is 24.3 Å². The largest absolute Gasteiger partial charge is 0.324 e. The molecule has 0 unspecified atom stereocenters. The van der Waals surface area contributed by atoms with Crippen LogP contribution < -0.4 is 14.9 Å².